The van der Waals surface area contributed by atoms with E-state index in [2.05, 4.69) is 4.98 Å². The maximum Gasteiger partial charge on any atom is 0.416 e. The Morgan fingerprint density at radius 1 is 1.28 bits per heavy atom. The largest absolute Gasteiger partial charge is 0.416 e. The minimum absolute atomic E-state index is 0.0348. The van der Waals surface area contributed by atoms with Crippen molar-refractivity contribution in [2.24, 2.45) is 7.05 Å². The quantitative estimate of drug-likeness (QED) is 0.637. The first-order valence-electron chi connectivity index (χ1n) is 10.3. The van der Waals surface area contributed by atoms with Crippen LogP contribution in [0.15, 0.2) is 36.7 Å². The Morgan fingerprint density at radius 2 is 2.00 bits per heavy atom. The first-order chi connectivity index (χ1) is 15.0. The third-order valence-corrected chi connectivity index (χ3v) is 6.18. The van der Waals surface area contributed by atoms with Gasteiger partial charge in [0.25, 0.3) is 0 Å². The van der Waals surface area contributed by atoms with E-state index >= 15 is 0 Å². The van der Waals surface area contributed by atoms with E-state index in [-0.39, 0.29) is 24.6 Å². The molecule has 1 saturated carbocycles. The highest BCUT2D eigenvalue weighted by atomic mass is 19.4. The molecule has 2 aliphatic rings. The van der Waals surface area contributed by atoms with E-state index in [9.17, 15) is 27.6 Å². The van der Waals surface area contributed by atoms with Crippen LogP contribution in [0.4, 0.5) is 13.2 Å². The van der Waals surface area contributed by atoms with Crippen molar-refractivity contribution in [1.29, 1.82) is 0 Å². The molecule has 1 aromatic heterocycles. The molecule has 3 amide bonds. The van der Waals surface area contributed by atoms with Crippen LogP contribution >= 0.6 is 0 Å². The molecule has 7 nitrogen and oxygen atoms in total. The van der Waals surface area contributed by atoms with Crippen molar-refractivity contribution < 1.29 is 27.6 Å². The zero-order valence-corrected chi connectivity index (χ0v) is 17.7. The zero-order chi connectivity index (χ0) is 23.3. The van der Waals surface area contributed by atoms with Crippen LogP contribution in [0.3, 0.4) is 0 Å². The van der Waals surface area contributed by atoms with Crippen molar-refractivity contribution >= 4 is 17.7 Å². The van der Waals surface area contributed by atoms with Crippen LogP contribution in [0.5, 0.6) is 0 Å². The summed E-state index contributed by atoms with van der Waals surface area (Å²) in [7, 11) is 3.31. The monoisotopic (exact) mass is 448 g/mol. The Labute approximate surface area is 182 Å². The standard InChI is InChI=1S/C22H23F3N4O3/c1-27-9-8-26-17(27)13-28(2)18(30)11-21(12-19(31)29(20(21)32)16-6-7-16)14-4-3-5-15(10-14)22(23,24)25/h3-5,8-10,16H,6-7,11-13H2,1-2H3/t21-/m1/s1. The molecule has 170 valence electrons. The molecular weight excluding hydrogens is 425 g/mol. The molecule has 2 fully saturated rings. The minimum Gasteiger partial charge on any atom is -0.338 e. The second kappa shape index (κ2) is 7.75. The van der Waals surface area contributed by atoms with Gasteiger partial charge in [0.15, 0.2) is 0 Å². The Bertz CT molecular complexity index is 1080. The molecule has 0 unspecified atom stereocenters. The number of hydrogen-bond donors (Lipinski definition) is 0. The number of aryl methyl sites for hydroxylation is 1. The Kier molecular flexibility index (Phi) is 5.34. The molecule has 4 rings (SSSR count). The highest BCUT2D eigenvalue weighted by Gasteiger charge is 2.57. The van der Waals surface area contributed by atoms with Crippen LogP contribution < -0.4 is 0 Å². The summed E-state index contributed by atoms with van der Waals surface area (Å²) >= 11 is 0. The van der Waals surface area contributed by atoms with E-state index in [1.807, 2.05) is 0 Å². The van der Waals surface area contributed by atoms with Crippen molar-refractivity contribution in [3.8, 4) is 0 Å². The predicted molar refractivity (Wildman–Crippen MR) is 107 cm³/mol. The predicted octanol–water partition coefficient (Wildman–Crippen LogP) is 2.65. The molecule has 1 aromatic carbocycles. The molecular formula is C22H23F3N4O3. The lowest BCUT2D eigenvalue weighted by atomic mass is 9.75. The third-order valence-electron chi connectivity index (χ3n) is 6.18. The normalized spacial score (nSPS) is 21.3. The molecule has 0 spiro atoms. The highest BCUT2D eigenvalue weighted by molar-refractivity contribution is 6.11. The Morgan fingerprint density at radius 3 is 2.59 bits per heavy atom. The van der Waals surface area contributed by atoms with E-state index < -0.39 is 41.3 Å². The molecule has 2 aromatic rings. The number of likely N-dealkylation sites (tertiary alicyclic amines) is 1. The molecule has 1 saturated heterocycles. The fourth-order valence-corrected chi connectivity index (χ4v) is 4.17. The molecule has 0 radical (unpaired) electrons. The molecule has 1 aliphatic carbocycles. The van der Waals surface area contributed by atoms with Gasteiger partial charge >= 0.3 is 6.18 Å². The number of carbonyl (C=O) groups is 3. The van der Waals surface area contributed by atoms with Crippen LogP contribution in [-0.2, 0) is 39.6 Å². The number of hydrogen-bond acceptors (Lipinski definition) is 4. The zero-order valence-electron chi connectivity index (χ0n) is 17.7. The van der Waals surface area contributed by atoms with Gasteiger partial charge in [-0.2, -0.15) is 13.2 Å². The molecule has 1 atom stereocenters. The molecule has 1 aliphatic heterocycles. The first-order valence-corrected chi connectivity index (χ1v) is 10.3. The average molecular weight is 448 g/mol. The molecule has 32 heavy (non-hydrogen) atoms. The number of benzene rings is 1. The Balaban J connectivity index is 1.69. The van der Waals surface area contributed by atoms with Gasteiger partial charge in [0, 0.05) is 45.4 Å². The van der Waals surface area contributed by atoms with Crippen LogP contribution in [0.2, 0.25) is 0 Å². The molecule has 0 bridgehead atoms. The lowest BCUT2D eigenvalue weighted by molar-refractivity contribution is -0.143. The summed E-state index contributed by atoms with van der Waals surface area (Å²) < 4.78 is 41.8. The smallest absolute Gasteiger partial charge is 0.338 e. The van der Waals surface area contributed by atoms with Gasteiger partial charge < -0.3 is 9.47 Å². The second-order valence-corrected chi connectivity index (χ2v) is 8.52. The number of alkyl halides is 3. The SMILES string of the molecule is CN(Cc1nccn1C)C(=O)C[C@]1(c2cccc(C(F)(F)F)c2)CC(=O)N(C2CC2)C1=O. The molecule has 2 heterocycles. The van der Waals surface area contributed by atoms with Crippen molar-refractivity contribution in [2.45, 2.75) is 49.9 Å². The molecule has 0 N–H and O–H groups in total. The van der Waals surface area contributed by atoms with Crippen LogP contribution in [0, 0.1) is 0 Å². The summed E-state index contributed by atoms with van der Waals surface area (Å²) in [5.41, 5.74) is -2.55. The number of amides is 3. The highest BCUT2D eigenvalue weighted by Crippen LogP contribution is 2.45. The fraction of sp³-hybridized carbons (Fsp3) is 0.455. The Hall–Kier alpha value is -3.17. The minimum atomic E-state index is -4.61. The van der Waals surface area contributed by atoms with E-state index in [1.165, 1.54) is 24.1 Å². The van der Waals surface area contributed by atoms with Crippen LogP contribution in [0.1, 0.15) is 42.6 Å². The van der Waals surface area contributed by atoms with Crippen LogP contribution in [-0.4, -0.2) is 50.2 Å². The number of imide groups is 1. The van der Waals surface area contributed by atoms with Gasteiger partial charge in [-0.25, -0.2) is 4.98 Å². The number of nitrogens with zero attached hydrogens (tertiary/aromatic N) is 4. The topological polar surface area (TPSA) is 75.5 Å². The average Bonchev–Trinajstić information content (AvgIpc) is 3.43. The van der Waals surface area contributed by atoms with Crippen molar-refractivity contribution in [1.82, 2.24) is 19.4 Å². The lowest BCUT2D eigenvalue weighted by Gasteiger charge is -2.29. The van der Waals surface area contributed by atoms with E-state index in [4.69, 9.17) is 0 Å². The number of carbonyl (C=O) groups excluding carboxylic acids is 3. The van der Waals surface area contributed by atoms with E-state index in [0.717, 1.165) is 17.0 Å². The van der Waals surface area contributed by atoms with Gasteiger partial charge in [0.2, 0.25) is 17.7 Å². The number of halogens is 3. The summed E-state index contributed by atoms with van der Waals surface area (Å²) in [5, 5.41) is 0. The molecule has 10 heteroatoms. The van der Waals surface area contributed by atoms with Gasteiger partial charge in [-0.3, -0.25) is 19.3 Å². The summed E-state index contributed by atoms with van der Waals surface area (Å²) in [4.78, 5) is 46.0. The maximum atomic E-state index is 13.4. The van der Waals surface area contributed by atoms with Gasteiger partial charge in [0.1, 0.15) is 5.82 Å². The summed E-state index contributed by atoms with van der Waals surface area (Å²) in [6.07, 6.45) is -0.687. The van der Waals surface area contributed by atoms with Gasteiger partial charge in [-0.1, -0.05) is 18.2 Å². The second-order valence-electron chi connectivity index (χ2n) is 8.52. The maximum absolute atomic E-state index is 13.4. The summed E-state index contributed by atoms with van der Waals surface area (Å²) in [5.74, 6) is -0.885. The van der Waals surface area contributed by atoms with Gasteiger partial charge in [0.05, 0.1) is 17.5 Å². The number of rotatable bonds is 6. The van der Waals surface area contributed by atoms with E-state index in [0.29, 0.717) is 18.7 Å². The van der Waals surface area contributed by atoms with Gasteiger partial charge in [-0.15, -0.1) is 0 Å². The number of aromatic nitrogens is 2. The summed E-state index contributed by atoms with van der Waals surface area (Å²) in [6.45, 7) is 0.162. The van der Waals surface area contributed by atoms with Crippen molar-refractivity contribution in [3.05, 3.63) is 53.6 Å². The van der Waals surface area contributed by atoms with Crippen molar-refractivity contribution in [3.63, 3.8) is 0 Å². The first kappa shape index (κ1) is 22.0. The van der Waals surface area contributed by atoms with Crippen molar-refractivity contribution in [2.75, 3.05) is 7.05 Å². The van der Waals surface area contributed by atoms with Crippen LogP contribution in [0.25, 0.3) is 0 Å². The fourth-order valence-electron chi connectivity index (χ4n) is 4.17. The third kappa shape index (κ3) is 3.89. The van der Waals surface area contributed by atoms with E-state index in [1.54, 1.807) is 24.0 Å². The van der Waals surface area contributed by atoms with Gasteiger partial charge in [-0.05, 0) is 24.5 Å². The summed E-state index contributed by atoms with van der Waals surface area (Å²) in [6, 6.07) is 4.16. The lowest BCUT2D eigenvalue weighted by Crippen LogP contribution is -2.43. The number of imidazole rings is 1.